The molecule has 0 aromatic rings. The lowest BCUT2D eigenvalue weighted by Crippen LogP contribution is -2.59. The predicted octanol–water partition coefficient (Wildman–Crippen LogP) is 3.54. The van der Waals surface area contributed by atoms with Gasteiger partial charge in [-0.25, -0.2) is 0 Å². The smallest absolute Gasteiger partial charge is 0.138 e. The van der Waals surface area contributed by atoms with Crippen molar-refractivity contribution in [2.75, 3.05) is 0 Å². The third-order valence-corrected chi connectivity index (χ3v) is 4.75. The van der Waals surface area contributed by atoms with Gasteiger partial charge in [-0.3, -0.25) is 5.32 Å². The van der Waals surface area contributed by atoms with E-state index in [0.717, 1.165) is 6.42 Å². The molecule has 19 heavy (non-hydrogen) atoms. The zero-order valence-corrected chi connectivity index (χ0v) is 12.9. The maximum atomic E-state index is 9.79. The molecule has 0 radical (unpaired) electrons. The van der Waals surface area contributed by atoms with E-state index in [-0.39, 0.29) is 5.60 Å². The van der Waals surface area contributed by atoms with Gasteiger partial charge < -0.3 is 4.74 Å². The molecule has 2 fully saturated rings. The van der Waals surface area contributed by atoms with Crippen LogP contribution in [0, 0.1) is 11.3 Å². The summed E-state index contributed by atoms with van der Waals surface area (Å²) < 4.78 is 6.13. The van der Waals surface area contributed by atoms with Crippen LogP contribution in [0.5, 0.6) is 0 Å². The maximum absolute atomic E-state index is 9.79. The number of rotatable bonds is 2. The molecule has 1 saturated carbocycles. The van der Waals surface area contributed by atoms with Gasteiger partial charge in [0.05, 0.1) is 17.3 Å². The SMILES string of the molecule is CC1(C)CC(C#N)(NC2CCCCCC2)C(C)(C)O1. The molecule has 3 heteroatoms. The van der Waals surface area contributed by atoms with Gasteiger partial charge in [-0.2, -0.15) is 5.26 Å². The summed E-state index contributed by atoms with van der Waals surface area (Å²) in [6, 6.07) is 3.03. The first-order valence-corrected chi connectivity index (χ1v) is 7.69. The third kappa shape index (κ3) is 2.95. The molecule has 1 atom stereocenters. The first-order chi connectivity index (χ1) is 8.80. The van der Waals surface area contributed by atoms with Gasteiger partial charge in [0.1, 0.15) is 5.54 Å². The Morgan fingerprint density at radius 2 is 1.63 bits per heavy atom. The highest BCUT2D eigenvalue weighted by molar-refractivity contribution is 5.23. The van der Waals surface area contributed by atoms with E-state index in [0.29, 0.717) is 6.04 Å². The Morgan fingerprint density at radius 3 is 2.05 bits per heavy atom. The molecular formula is C16H28N2O. The lowest BCUT2D eigenvalue weighted by molar-refractivity contribution is -0.0777. The highest BCUT2D eigenvalue weighted by Crippen LogP contribution is 2.45. The standard InChI is InChI=1S/C16H28N2O/c1-14(2)11-16(12-17,15(3,4)19-14)18-13-9-7-5-6-8-10-13/h13,18H,5-11H2,1-4H3. The summed E-state index contributed by atoms with van der Waals surface area (Å²) in [5, 5.41) is 13.5. The van der Waals surface area contributed by atoms with Gasteiger partial charge >= 0.3 is 0 Å². The Hall–Kier alpha value is -0.590. The van der Waals surface area contributed by atoms with Crippen LogP contribution in [-0.2, 0) is 4.74 Å². The molecule has 1 saturated heterocycles. The van der Waals surface area contributed by atoms with Crippen molar-refractivity contribution in [3.8, 4) is 6.07 Å². The highest BCUT2D eigenvalue weighted by Gasteiger charge is 2.58. The fraction of sp³-hybridized carbons (Fsp3) is 0.938. The zero-order valence-electron chi connectivity index (χ0n) is 12.9. The minimum atomic E-state index is -0.550. The van der Waals surface area contributed by atoms with Crippen LogP contribution in [0.3, 0.4) is 0 Å². The van der Waals surface area contributed by atoms with E-state index >= 15 is 0 Å². The molecule has 2 aliphatic rings. The molecule has 0 aromatic carbocycles. The van der Waals surface area contributed by atoms with Crippen molar-refractivity contribution in [3.05, 3.63) is 0 Å². The van der Waals surface area contributed by atoms with Gasteiger partial charge in [-0.1, -0.05) is 25.7 Å². The van der Waals surface area contributed by atoms with Gasteiger partial charge in [0, 0.05) is 12.5 Å². The number of hydrogen-bond donors (Lipinski definition) is 1. The molecule has 108 valence electrons. The molecule has 0 spiro atoms. The molecule has 1 N–H and O–H groups in total. The van der Waals surface area contributed by atoms with E-state index < -0.39 is 11.1 Å². The normalized spacial score (nSPS) is 34.7. The number of nitrogens with one attached hydrogen (secondary N) is 1. The predicted molar refractivity (Wildman–Crippen MR) is 76.8 cm³/mol. The van der Waals surface area contributed by atoms with Gasteiger partial charge in [0.15, 0.2) is 0 Å². The topological polar surface area (TPSA) is 45.0 Å². The second kappa shape index (κ2) is 5.07. The lowest BCUT2D eigenvalue weighted by atomic mass is 9.79. The number of ether oxygens (including phenoxy) is 1. The van der Waals surface area contributed by atoms with Crippen LogP contribution in [0.1, 0.15) is 72.6 Å². The Balaban J connectivity index is 2.16. The van der Waals surface area contributed by atoms with Crippen LogP contribution in [0.2, 0.25) is 0 Å². The Bertz CT molecular complexity index is 361. The third-order valence-electron chi connectivity index (χ3n) is 4.75. The average molecular weight is 264 g/mol. The summed E-state index contributed by atoms with van der Waals surface area (Å²) in [4.78, 5) is 0. The highest BCUT2D eigenvalue weighted by atomic mass is 16.5. The summed E-state index contributed by atoms with van der Waals surface area (Å²) in [6.07, 6.45) is 8.39. The lowest BCUT2D eigenvalue weighted by Gasteiger charge is -2.37. The van der Waals surface area contributed by atoms with Crippen molar-refractivity contribution < 1.29 is 4.74 Å². The van der Waals surface area contributed by atoms with E-state index in [9.17, 15) is 5.26 Å². The first-order valence-electron chi connectivity index (χ1n) is 7.69. The summed E-state index contributed by atoms with van der Waals surface area (Å²) in [5.41, 5.74) is -1.21. The van der Waals surface area contributed by atoms with Gasteiger partial charge in [-0.15, -0.1) is 0 Å². The number of nitrogens with zero attached hydrogens (tertiary/aromatic N) is 1. The first kappa shape index (κ1) is 14.8. The Kier molecular flexibility index (Phi) is 3.95. The van der Waals surface area contributed by atoms with Gasteiger partial charge in [0.2, 0.25) is 0 Å². The fourth-order valence-electron chi connectivity index (χ4n) is 3.87. The van der Waals surface area contributed by atoms with E-state index in [1.165, 1.54) is 38.5 Å². The fourth-order valence-corrected chi connectivity index (χ4v) is 3.87. The Morgan fingerprint density at radius 1 is 1.05 bits per heavy atom. The van der Waals surface area contributed by atoms with Crippen molar-refractivity contribution in [3.63, 3.8) is 0 Å². The maximum Gasteiger partial charge on any atom is 0.138 e. The molecule has 1 heterocycles. The summed E-state index contributed by atoms with van der Waals surface area (Å²) in [6.45, 7) is 8.27. The zero-order chi connectivity index (χ0) is 14.1. The minimum absolute atomic E-state index is 0.225. The van der Waals surface area contributed by atoms with Crippen molar-refractivity contribution in [2.45, 2.75) is 95.4 Å². The molecule has 2 rings (SSSR count). The molecule has 0 aromatic heterocycles. The van der Waals surface area contributed by atoms with Crippen LogP contribution >= 0.6 is 0 Å². The van der Waals surface area contributed by atoms with Crippen molar-refractivity contribution in [1.82, 2.24) is 5.32 Å². The molecule has 1 unspecified atom stereocenters. The van der Waals surface area contributed by atoms with Crippen molar-refractivity contribution >= 4 is 0 Å². The number of nitriles is 1. The van der Waals surface area contributed by atoms with Gasteiger partial charge in [0.25, 0.3) is 0 Å². The second-order valence-electron chi connectivity index (χ2n) is 7.40. The van der Waals surface area contributed by atoms with E-state index in [1.54, 1.807) is 0 Å². The summed E-state index contributed by atoms with van der Waals surface area (Å²) in [5.74, 6) is 0. The van der Waals surface area contributed by atoms with Crippen LogP contribution in [0.15, 0.2) is 0 Å². The van der Waals surface area contributed by atoms with Gasteiger partial charge in [-0.05, 0) is 40.5 Å². The summed E-state index contributed by atoms with van der Waals surface area (Å²) >= 11 is 0. The van der Waals surface area contributed by atoms with Crippen LogP contribution in [-0.4, -0.2) is 22.8 Å². The van der Waals surface area contributed by atoms with Crippen LogP contribution < -0.4 is 5.32 Å². The minimum Gasteiger partial charge on any atom is -0.367 e. The summed E-state index contributed by atoms with van der Waals surface area (Å²) in [7, 11) is 0. The quantitative estimate of drug-likeness (QED) is 0.776. The molecule has 1 aliphatic carbocycles. The molecule has 0 bridgehead atoms. The van der Waals surface area contributed by atoms with Crippen LogP contribution in [0.4, 0.5) is 0 Å². The Labute approximate surface area is 117 Å². The molecular weight excluding hydrogens is 236 g/mol. The van der Waals surface area contributed by atoms with Crippen LogP contribution in [0.25, 0.3) is 0 Å². The average Bonchev–Trinajstić information content (AvgIpc) is 2.49. The largest absolute Gasteiger partial charge is 0.367 e. The monoisotopic (exact) mass is 264 g/mol. The molecule has 3 nitrogen and oxygen atoms in total. The number of hydrogen-bond acceptors (Lipinski definition) is 3. The van der Waals surface area contributed by atoms with Crippen molar-refractivity contribution in [2.24, 2.45) is 0 Å². The molecule has 0 amide bonds. The van der Waals surface area contributed by atoms with E-state index in [1.807, 2.05) is 0 Å². The van der Waals surface area contributed by atoms with E-state index in [4.69, 9.17) is 4.74 Å². The van der Waals surface area contributed by atoms with E-state index in [2.05, 4.69) is 39.1 Å². The van der Waals surface area contributed by atoms with Crippen molar-refractivity contribution in [1.29, 1.82) is 5.26 Å². The molecule has 1 aliphatic heterocycles. The second-order valence-corrected chi connectivity index (χ2v) is 7.40.